The van der Waals surface area contributed by atoms with Crippen molar-refractivity contribution in [3.8, 4) is 22.0 Å². The second-order valence-corrected chi connectivity index (χ2v) is 7.86. The zero-order chi connectivity index (χ0) is 20.5. The Balaban J connectivity index is 1.62. The van der Waals surface area contributed by atoms with Gasteiger partial charge in [0.2, 0.25) is 0 Å². The van der Waals surface area contributed by atoms with Crippen LogP contribution in [-0.2, 0) is 7.05 Å². The summed E-state index contributed by atoms with van der Waals surface area (Å²) in [6.45, 7) is 5.91. The van der Waals surface area contributed by atoms with E-state index < -0.39 is 0 Å². The van der Waals surface area contributed by atoms with Crippen LogP contribution in [0.5, 0.6) is 0 Å². The van der Waals surface area contributed by atoms with Crippen molar-refractivity contribution in [1.82, 2.24) is 24.9 Å². The number of hydrogen-bond donors (Lipinski definition) is 1. The van der Waals surface area contributed by atoms with Crippen LogP contribution in [0.15, 0.2) is 40.5 Å². The molecule has 0 unspecified atom stereocenters. The molecule has 1 amide bonds. The molecule has 0 atom stereocenters. The third-order valence-electron chi connectivity index (χ3n) is 4.39. The minimum absolute atomic E-state index is 0.149. The Bertz CT molecular complexity index is 1170. The van der Waals surface area contributed by atoms with Gasteiger partial charge in [0.1, 0.15) is 10.7 Å². The SMILES string of the molecule is Cc1cccc(-c2nc(C(C)C)no2)c1NC(=O)c1csc(-c2cnn(C)c2)n1. The number of nitrogens with zero attached hydrogens (tertiary/aromatic N) is 5. The molecule has 0 saturated carbocycles. The van der Waals surface area contributed by atoms with E-state index in [-0.39, 0.29) is 11.8 Å². The highest BCUT2D eigenvalue weighted by atomic mass is 32.1. The topological polar surface area (TPSA) is 98.7 Å². The van der Waals surface area contributed by atoms with E-state index in [9.17, 15) is 4.79 Å². The van der Waals surface area contributed by atoms with Crippen molar-refractivity contribution in [3.05, 3.63) is 53.1 Å². The first kappa shape index (κ1) is 19.0. The average Bonchev–Trinajstić information content (AvgIpc) is 3.43. The van der Waals surface area contributed by atoms with Crippen molar-refractivity contribution in [1.29, 1.82) is 0 Å². The molecule has 8 nitrogen and oxygen atoms in total. The van der Waals surface area contributed by atoms with Gasteiger partial charge in [0.05, 0.1) is 17.4 Å². The van der Waals surface area contributed by atoms with Crippen molar-refractivity contribution in [2.45, 2.75) is 26.7 Å². The number of para-hydroxylation sites is 1. The monoisotopic (exact) mass is 408 g/mol. The van der Waals surface area contributed by atoms with E-state index in [1.54, 1.807) is 16.3 Å². The number of nitrogens with one attached hydrogen (secondary N) is 1. The summed E-state index contributed by atoms with van der Waals surface area (Å²) in [5.41, 5.74) is 3.42. The first-order chi connectivity index (χ1) is 13.9. The molecule has 0 saturated heterocycles. The van der Waals surface area contributed by atoms with Crippen molar-refractivity contribution in [2.24, 2.45) is 7.05 Å². The van der Waals surface area contributed by atoms with Gasteiger partial charge in [-0.3, -0.25) is 9.48 Å². The van der Waals surface area contributed by atoms with E-state index in [1.807, 2.05) is 52.2 Å². The van der Waals surface area contributed by atoms with Crippen molar-refractivity contribution < 1.29 is 9.32 Å². The highest BCUT2D eigenvalue weighted by molar-refractivity contribution is 7.13. The normalized spacial score (nSPS) is 11.2. The molecule has 3 heterocycles. The highest BCUT2D eigenvalue weighted by Gasteiger charge is 2.19. The molecule has 0 aliphatic rings. The van der Waals surface area contributed by atoms with Gasteiger partial charge in [-0.25, -0.2) is 4.98 Å². The number of aryl methyl sites for hydroxylation is 2. The van der Waals surface area contributed by atoms with Crippen LogP contribution in [0.3, 0.4) is 0 Å². The third kappa shape index (κ3) is 3.81. The van der Waals surface area contributed by atoms with Gasteiger partial charge in [-0.05, 0) is 18.6 Å². The maximum Gasteiger partial charge on any atom is 0.275 e. The van der Waals surface area contributed by atoms with Gasteiger partial charge < -0.3 is 9.84 Å². The maximum absolute atomic E-state index is 12.9. The van der Waals surface area contributed by atoms with E-state index in [2.05, 4.69) is 25.5 Å². The lowest BCUT2D eigenvalue weighted by atomic mass is 10.1. The first-order valence-corrected chi connectivity index (χ1v) is 10.00. The maximum atomic E-state index is 12.9. The summed E-state index contributed by atoms with van der Waals surface area (Å²) in [6.07, 6.45) is 3.59. The molecule has 9 heteroatoms. The van der Waals surface area contributed by atoms with E-state index in [4.69, 9.17) is 4.52 Å². The number of benzene rings is 1. The number of anilines is 1. The fraction of sp³-hybridized carbons (Fsp3) is 0.250. The predicted molar refractivity (Wildman–Crippen MR) is 111 cm³/mol. The van der Waals surface area contributed by atoms with Gasteiger partial charge in [-0.2, -0.15) is 10.1 Å². The summed E-state index contributed by atoms with van der Waals surface area (Å²) in [4.78, 5) is 21.8. The molecule has 0 bridgehead atoms. The number of rotatable bonds is 5. The minimum atomic E-state index is -0.296. The standard InChI is InChI=1S/C20H20N6O2S/c1-11(2)17-24-19(28-25-17)14-7-5-6-12(3)16(14)23-18(27)15-10-29-20(22-15)13-8-21-26(4)9-13/h5-11H,1-4H3,(H,23,27). The molecule has 1 aromatic carbocycles. The Kier molecular flexibility index (Phi) is 4.98. The number of aromatic nitrogens is 5. The fourth-order valence-corrected chi connectivity index (χ4v) is 3.59. The van der Waals surface area contributed by atoms with E-state index in [0.29, 0.717) is 28.7 Å². The Hall–Kier alpha value is -3.33. The lowest BCUT2D eigenvalue weighted by Crippen LogP contribution is -2.14. The van der Waals surface area contributed by atoms with Crippen LogP contribution in [-0.4, -0.2) is 30.8 Å². The summed E-state index contributed by atoms with van der Waals surface area (Å²) >= 11 is 1.40. The smallest absolute Gasteiger partial charge is 0.275 e. The molecular weight excluding hydrogens is 388 g/mol. The largest absolute Gasteiger partial charge is 0.334 e. The zero-order valence-corrected chi connectivity index (χ0v) is 17.3. The highest BCUT2D eigenvalue weighted by Crippen LogP contribution is 2.31. The Morgan fingerprint density at radius 1 is 1.28 bits per heavy atom. The van der Waals surface area contributed by atoms with Crippen LogP contribution in [0.4, 0.5) is 5.69 Å². The Morgan fingerprint density at radius 3 is 2.79 bits per heavy atom. The molecule has 0 aliphatic heterocycles. The fourth-order valence-electron chi connectivity index (χ4n) is 2.81. The third-order valence-corrected chi connectivity index (χ3v) is 5.28. The molecule has 0 aliphatic carbocycles. The van der Waals surface area contributed by atoms with Gasteiger partial charge in [-0.15, -0.1) is 11.3 Å². The van der Waals surface area contributed by atoms with Gasteiger partial charge in [0, 0.05) is 30.1 Å². The molecule has 0 radical (unpaired) electrons. The predicted octanol–water partition coefficient (Wildman–Crippen LogP) is 4.28. The molecule has 0 fully saturated rings. The molecular formula is C20H20N6O2S. The second-order valence-electron chi connectivity index (χ2n) is 7.00. The van der Waals surface area contributed by atoms with Crippen LogP contribution in [0.25, 0.3) is 22.0 Å². The van der Waals surface area contributed by atoms with Crippen molar-refractivity contribution in [3.63, 3.8) is 0 Å². The lowest BCUT2D eigenvalue weighted by molar-refractivity contribution is 0.102. The molecule has 4 rings (SSSR count). The van der Waals surface area contributed by atoms with E-state index >= 15 is 0 Å². The van der Waals surface area contributed by atoms with E-state index in [0.717, 1.165) is 16.1 Å². The number of hydrogen-bond acceptors (Lipinski definition) is 7. The minimum Gasteiger partial charge on any atom is -0.334 e. The summed E-state index contributed by atoms with van der Waals surface area (Å²) in [5.74, 6) is 0.855. The summed E-state index contributed by atoms with van der Waals surface area (Å²) in [7, 11) is 1.84. The molecule has 4 aromatic rings. The molecule has 0 spiro atoms. The lowest BCUT2D eigenvalue weighted by Gasteiger charge is -2.10. The molecule has 148 valence electrons. The van der Waals surface area contributed by atoms with Crippen molar-refractivity contribution >= 4 is 22.9 Å². The first-order valence-electron chi connectivity index (χ1n) is 9.12. The molecule has 1 N–H and O–H groups in total. The Labute approximate surface area is 171 Å². The number of thiazole rings is 1. The second kappa shape index (κ2) is 7.59. The van der Waals surface area contributed by atoms with Crippen LogP contribution in [0.1, 0.15) is 41.6 Å². The van der Waals surface area contributed by atoms with Gasteiger partial charge in [0.25, 0.3) is 11.8 Å². The van der Waals surface area contributed by atoms with Crippen LogP contribution in [0, 0.1) is 6.92 Å². The molecule has 29 heavy (non-hydrogen) atoms. The number of amides is 1. The number of carbonyl (C=O) groups excluding carboxylic acids is 1. The summed E-state index contributed by atoms with van der Waals surface area (Å²) in [6, 6.07) is 5.66. The van der Waals surface area contributed by atoms with Crippen LogP contribution < -0.4 is 5.32 Å². The Morgan fingerprint density at radius 2 is 2.10 bits per heavy atom. The summed E-state index contributed by atoms with van der Waals surface area (Å²) in [5, 5.41) is 13.6. The van der Waals surface area contributed by atoms with Crippen LogP contribution in [0.2, 0.25) is 0 Å². The molecule has 3 aromatic heterocycles. The van der Waals surface area contributed by atoms with E-state index in [1.165, 1.54) is 11.3 Å². The van der Waals surface area contributed by atoms with Gasteiger partial charge in [0.15, 0.2) is 5.82 Å². The number of carbonyl (C=O) groups is 1. The van der Waals surface area contributed by atoms with Gasteiger partial charge >= 0.3 is 0 Å². The average molecular weight is 408 g/mol. The quantitative estimate of drug-likeness (QED) is 0.529. The summed E-state index contributed by atoms with van der Waals surface area (Å²) < 4.78 is 7.12. The zero-order valence-electron chi connectivity index (χ0n) is 16.5. The van der Waals surface area contributed by atoms with Crippen LogP contribution >= 0.6 is 11.3 Å². The van der Waals surface area contributed by atoms with Gasteiger partial charge in [-0.1, -0.05) is 31.1 Å². The van der Waals surface area contributed by atoms with Crippen molar-refractivity contribution in [2.75, 3.05) is 5.32 Å².